The molecular formula is C13H7F2N3O. The average molecular weight is 259 g/mol. The molecule has 2 aromatic rings. The molecule has 1 aromatic carbocycles. The van der Waals surface area contributed by atoms with Gasteiger partial charge in [0.15, 0.2) is 0 Å². The molecule has 1 N–H and O–H groups in total. The van der Waals surface area contributed by atoms with Crippen LogP contribution >= 0.6 is 0 Å². The zero-order chi connectivity index (χ0) is 13.8. The summed E-state index contributed by atoms with van der Waals surface area (Å²) in [6, 6.07) is 7.32. The molecule has 0 unspecified atom stereocenters. The summed E-state index contributed by atoms with van der Waals surface area (Å²) < 4.78 is 26.2. The van der Waals surface area contributed by atoms with Crippen molar-refractivity contribution in [3.05, 3.63) is 59.4 Å². The summed E-state index contributed by atoms with van der Waals surface area (Å²) >= 11 is 0. The average Bonchev–Trinajstić information content (AvgIpc) is 2.43. The third-order valence-electron chi connectivity index (χ3n) is 2.30. The molecule has 4 nitrogen and oxygen atoms in total. The van der Waals surface area contributed by atoms with Gasteiger partial charge in [0.1, 0.15) is 23.4 Å². The zero-order valence-electron chi connectivity index (χ0n) is 9.52. The summed E-state index contributed by atoms with van der Waals surface area (Å²) in [6.07, 6.45) is 1.22. The van der Waals surface area contributed by atoms with Crippen LogP contribution in [0.15, 0.2) is 36.5 Å². The van der Waals surface area contributed by atoms with Gasteiger partial charge in [-0.15, -0.1) is 0 Å². The van der Waals surface area contributed by atoms with Gasteiger partial charge < -0.3 is 5.32 Å². The second-order valence-corrected chi connectivity index (χ2v) is 3.62. The minimum Gasteiger partial charge on any atom is -0.318 e. The molecule has 0 fully saturated rings. The van der Waals surface area contributed by atoms with Crippen LogP contribution in [0.3, 0.4) is 0 Å². The Hall–Kier alpha value is -2.81. The van der Waals surface area contributed by atoms with Crippen LogP contribution in [-0.4, -0.2) is 10.9 Å². The lowest BCUT2D eigenvalue weighted by Gasteiger charge is -2.05. The quantitative estimate of drug-likeness (QED) is 0.901. The van der Waals surface area contributed by atoms with Crippen LogP contribution in [0.1, 0.15) is 16.1 Å². The number of nitriles is 1. The van der Waals surface area contributed by atoms with Crippen LogP contribution in [-0.2, 0) is 0 Å². The minimum atomic E-state index is -0.747. The van der Waals surface area contributed by atoms with E-state index in [0.717, 1.165) is 18.2 Å². The number of benzene rings is 1. The Morgan fingerprint density at radius 1 is 1.26 bits per heavy atom. The van der Waals surface area contributed by atoms with Crippen molar-refractivity contribution in [1.29, 1.82) is 5.26 Å². The Bertz CT molecular complexity index is 663. The predicted molar refractivity (Wildman–Crippen MR) is 63.3 cm³/mol. The van der Waals surface area contributed by atoms with Gasteiger partial charge in [-0.25, -0.2) is 13.8 Å². The summed E-state index contributed by atoms with van der Waals surface area (Å²) in [5.74, 6) is -2.10. The van der Waals surface area contributed by atoms with Crippen molar-refractivity contribution in [2.75, 3.05) is 5.32 Å². The van der Waals surface area contributed by atoms with Crippen molar-refractivity contribution in [2.24, 2.45) is 0 Å². The number of carbonyl (C=O) groups excluding carboxylic acids is 1. The first-order valence-electron chi connectivity index (χ1n) is 5.22. The van der Waals surface area contributed by atoms with Crippen LogP contribution < -0.4 is 5.32 Å². The molecule has 0 aliphatic heterocycles. The highest BCUT2D eigenvalue weighted by molar-refractivity contribution is 6.02. The number of carbonyl (C=O) groups is 1. The molecule has 0 saturated heterocycles. The fourth-order valence-corrected chi connectivity index (χ4v) is 1.37. The fourth-order valence-electron chi connectivity index (χ4n) is 1.37. The maximum absolute atomic E-state index is 13.3. The Labute approximate surface area is 107 Å². The molecule has 1 aromatic heterocycles. The molecule has 1 heterocycles. The second-order valence-electron chi connectivity index (χ2n) is 3.62. The standard InChI is InChI=1S/C13H7F2N3O/c14-9-2-3-10(15)12(5-9)18-13(19)11-4-1-8(6-16)7-17-11/h1-5,7H,(H,18,19). The first-order valence-corrected chi connectivity index (χ1v) is 5.22. The molecule has 0 bridgehead atoms. The van der Waals surface area contributed by atoms with E-state index in [-0.39, 0.29) is 11.4 Å². The Balaban J connectivity index is 2.21. The third kappa shape index (κ3) is 2.90. The molecule has 0 atom stereocenters. The molecule has 19 heavy (non-hydrogen) atoms. The van der Waals surface area contributed by atoms with Crippen LogP contribution in [0, 0.1) is 23.0 Å². The highest BCUT2D eigenvalue weighted by Gasteiger charge is 2.11. The predicted octanol–water partition coefficient (Wildman–Crippen LogP) is 2.48. The summed E-state index contributed by atoms with van der Waals surface area (Å²) in [5.41, 5.74) is 0.0345. The lowest BCUT2D eigenvalue weighted by Crippen LogP contribution is -2.14. The molecule has 6 heteroatoms. The number of anilines is 1. The third-order valence-corrected chi connectivity index (χ3v) is 2.30. The monoisotopic (exact) mass is 259 g/mol. The first kappa shape index (κ1) is 12.6. The van der Waals surface area contributed by atoms with Gasteiger partial charge >= 0.3 is 0 Å². The van der Waals surface area contributed by atoms with Crippen molar-refractivity contribution in [3.8, 4) is 6.07 Å². The normalized spacial score (nSPS) is 9.74. The lowest BCUT2D eigenvalue weighted by molar-refractivity contribution is 0.102. The summed E-state index contributed by atoms with van der Waals surface area (Å²) in [4.78, 5) is 15.5. The maximum atomic E-state index is 13.3. The summed E-state index contributed by atoms with van der Waals surface area (Å²) in [7, 11) is 0. The van der Waals surface area contributed by atoms with Gasteiger partial charge in [-0.2, -0.15) is 5.26 Å². The summed E-state index contributed by atoms with van der Waals surface area (Å²) in [6.45, 7) is 0. The van der Waals surface area contributed by atoms with Gasteiger partial charge in [-0.3, -0.25) is 4.79 Å². The number of aromatic nitrogens is 1. The maximum Gasteiger partial charge on any atom is 0.274 e. The Morgan fingerprint density at radius 3 is 2.68 bits per heavy atom. The fraction of sp³-hybridized carbons (Fsp3) is 0. The zero-order valence-corrected chi connectivity index (χ0v) is 9.52. The number of halogens is 2. The van der Waals surface area contributed by atoms with Gasteiger partial charge in [0.2, 0.25) is 0 Å². The molecule has 0 radical (unpaired) electrons. The number of hydrogen-bond acceptors (Lipinski definition) is 3. The van der Waals surface area contributed by atoms with E-state index < -0.39 is 17.5 Å². The van der Waals surface area contributed by atoms with E-state index in [1.165, 1.54) is 18.3 Å². The molecule has 94 valence electrons. The number of pyridine rings is 1. The first-order chi connectivity index (χ1) is 9.10. The van der Waals surface area contributed by atoms with E-state index in [1.54, 1.807) is 0 Å². The van der Waals surface area contributed by atoms with E-state index in [2.05, 4.69) is 10.3 Å². The molecule has 2 rings (SSSR count). The Kier molecular flexibility index (Phi) is 3.48. The molecule has 0 aliphatic rings. The van der Waals surface area contributed by atoms with E-state index in [0.29, 0.717) is 5.56 Å². The topological polar surface area (TPSA) is 65.8 Å². The van der Waals surface area contributed by atoms with Crippen LogP contribution in [0.4, 0.5) is 14.5 Å². The van der Waals surface area contributed by atoms with Crippen molar-refractivity contribution >= 4 is 11.6 Å². The largest absolute Gasteiger partial charge is 0.318 e. The molecule has 1 amide bonds. The SMILES string of the molecule is N#Cc1ccc(C(=O)Nc2cc(F)ccc2F)nc1. The minimum absolute atomic E-state index is 0.00246. The van der Waals surface area contributed by atoms with Gasteiger partial charge in [0.25, 0.3) is 5.91 Å². The second kappa shape index (κ2) is 5.23. The van der Waals surface area contributed by atoms with Gasteiger partial charge in [-0.05, 0) is 24.3 Å². The number of hydrogen-bond donors (Lipinski definition) is 1. The van der Waals surface area contributed by atoms with E-state index in [1.807, 2.05) is 6.07 Å². The summed E-state index contributed by atoms with van der Waals surface area (Å²) in [5, 5.41) is 10.8. The van der Waals surface area contributed by atoms with Crippen molar-refractivity contribution < 1.29 is 13.6 Å². The smallest absolute Gasteiger partial charge is 0.274 e. The van der Waals surface area contributed by atoms with E-state index >= 15 is 0 Å². The van der Waals surface area contributed by atoms with Gasteiger partial charge in [0.05, 0.1) is 11.3 Å². The molecule has 0 saturated carbocycles. The van der Waals surface area contributed by atoms with Crippen molar-refractivity contribution in [3.63, 3.8) is 0 Å². The molecule has 0 aliphatic carbocycles. The highest BCUT2D eigenvalue weighted by Crippen LogP contribution is 2.16. The number of nitrogens with one attached hydrogen (secondary N) is 1. The van der Waals surface area contributed by atoms with Crippen molar-refractivity contribution in [2.45, 2.75) is 0 Å². The lowest BCUT2D eigenvalue weighted by atomic mass is 10.2. The highest BCUT2D eigenvalue weighted by atomic mass is 19.1. The van der Waals surface area contributed by atoms with Gasteiger partial charge in [0, 0.05) is 12.3 Å². The van der Waals surface area contributed by atoms with Crippen LogP contribution in [0.25, 0.3) is 0 Å². The molecular weight excluding hydrogens is 252 g/mol. The van der Waals surface area contributed by atoms with E-state index in [4.69, 9.17) is 5.26 Å². The van der Waals surface area contributed by atoms with E-state index in [9.17, 15) is 13.6 Å². The number of nitrogens with zero attached hydrogens (tertiary/aromatic N) is 2. The number of amides is 1. The van der Waals surface area contributed by atoms with Crippen LogP contribution in [0.5, 0.6) is 0 Å². The molecule has 0 spiro atoms. The number of rotatable bonds is 2. The van der Waals surface area contributed by atoms with Crippen LogP contribution in [0.2, 0.25) is 0 Å². The van der Waals surface area contributed by atoms with Crippen molar-refractivity contribution in [1.82, 2.24) is 4.98 Å². The van der Waals surface area contributed by atoms with Gasteiger partial charge in [-0.1, -0.05) is 0 Å². The Morgan fingerprint density at radius 2 is 2.05 bits per heavy atom.